The molecular weight excluding hydrogens is 554 g/mol. The Morgan fingerprint density at radius 2 is 1.69 bits per heavy atom. The number of nitrogens with one attached hydrogen (secondary N) is 1. The molecule has 1 aliphatic heterocycles. The van der Waals surface area contributed by atoms with E-state index in [4.69, 9.17) is 31.4 Å². The minimum absolute atomic E-state index is 0. The maximum absolute atomic E-state index is 11.8. The number of nitrogens with zero attached hydrogens (tertiary/aromatic N) is 4. The number of fused-ring (bicyclic) bond motifs is 1. The van der Waals surface area contributed by atoms with Crippen molar-refractivity contribution in [1.82, 2.24) is 19.5 Å². The molecule has 0 saturated carbocycles. The van der Waals surface area contributed by atoms with Crippen LogP contribution in [-0.2, 0) is 31.6 Å². The van der Waals surface area contributed by atoms with E-state index < -0.39 is 60.2 Å². The van der Waals surface area contributed by atoms with Gasteiger partial charge >= 0.3 is 45.2 Å². The molecule has 1 aliphatic rings. The van der Waals surface area contributed by atoms with Gasteiger partial charge in [0.05, 0.1) is 12.9 Å². The van der Waals surface area contributed by atoms with E-state index in [1.807, 2.05) is 0 Å². The smallest absolute Gasteiger partial charge is 0.756 e. The Morgan fingerprint density at radius 3 is 2.29 bits per heavy atom. The Hall–Kier alpha value is -0.890. The zero-order valence-electron chi connectivity index (χ0n) is 17.4. The van der Waals surface area contributed by atoms with Crippen molar-refractivity contribution in [1.29, 1.82) is 5.41 Å². The molecule has 0 aromatic carbocycles. The molecule has 0 aliphatic carbocycles. The molecule has 3 heterocycles. The van der Waals surface area contributed by atoms with E-state index in [2.05, 4.69) is 28.1 Å². The van der Waals surface area contributed by atoms with Gasteiger partial charge in [-0.3, -0.25) is 19.1 Å². The van der Waals surface area contributed by atoms with Crippen LogP contribution in [0.4, 0.5) is 11.6 Å². The molecule has 0 spiro atoms. The molecule has 1 saturated heterocycles. The molecule has 3 unspecified atom stereocenters. The number of imidazole rings is 1. The molecule has 0 bridgehead atoms. The van der Waals surface area contributed by atoms with Gasteiger partial charge in [0.25, 0.3) is 7.82 Å². The van der Waals surface area contributed by atoms with Crippen molar-refractivity contribution in [2.24, 2.45) is 0 Å². The third-order valence-electron chi connectivity index (χ3n) is 4.16. The van der Waals surface area contributed by atoms with Gasteiger partial charge in [0.15, 0.2) is 17.9 Å². The van der Waals surface area contributed by atoms with Gasteiger partial charge in [-0.15, -0.1) is 0 Å². The third-order valence-corrected chi connectivity index (χ3v) is 7.93. The van der Waals surface area contributed by atoms with E-state index in [1.54, 1.807) is 0 Å². The Kier molecular flexibility index (Phi) is 9.40. The van der Waals surface area contributed by atoms with E-state index in [9.17, 15) is 33.7 Å². The predicted molar refractivity (Wildman–Crippen MR) is 104 cm³/mol. The van der Waals surface area contributed by atoms with Crippen molar-refractivity contribution in [3.05, 3.63) is 11.9 Å². The number of hydrogen-bond donors (Lipinski definition) is 8. The van der Waals surface area contributed by atoms with E-state index >= 15 is 0 Å². The summed E-state index contributed by atoms with van der Waals surface area (Å²) in [5.74, 6) is -0.506. The van der Waals surface area contributed by atoms with Crippen molar-refractivity contribution in [2.75, 3.05) is 18.1 Å². The normalized spacial score (nSPS) is 27.5. The van der Waals surface area contributed by atoms with Crippen LogP contribution in [0, 0.1) is 5.41 Å². The molecule has 2 aromatic heterocycles. The summed E-state index contributed by atoms with van der Waals surface area (Å²) in [6, 6.07) is 0. The fourth-order valence-electron chi connectivity index (χ4n) is 2.92. The zero-order valence-corrected chi connectivity index (χ0v) is 22.1. The first-order chi connectivity index (χ1) is 15.5. The first kappa shape index (κ1) is 30.3. The second-order valence-corrected chi connectivity index (χ2v) is 11.0. The fourth-order valence-corrected chi connectivity index (χ4v) is 5.92. The SMILES string of the molecule is N=c1nc(N)c2ncn([C@@H]3O[C@H](COP(=O)(O)OP(=O)(O)OP(=O)([O-])O)[C@@H](O)[C@H]3O)c2c(N)n1.[Na+]. The summed E-state index contributed by atoms with van der Waals surface area (Å²) in [5.41, 5.74) is 11.0. The largest absolute Gasteiger partial charge is 1.00 e. The van der Waals surface area contributed by atoms with Gasteiger partial charge < -0.3 is 46.0 Å². The molecular formula is C11H17N7NaO13P3. The number of aliphatic hydroxyl groups is 2. The maximum Gasteiger partial charge on any atom is 1.00 e. The molecule has 190 valence electrons. The van der Waals surface area contributed by atoms with Gasteiger partial charge in [0.1, 0.15) is 29.3 Å². The van der Waals surface area contributed by atoms with Crippen LogP contribution in [0.15, 0.2) is 6.33 Å². The van der Waals surface area contributed by atoms with Crippen molar-refractivity contribution >= 4 is 46.1 Å². The van der Waals surface area contributed by atoms with E-state index in [-0.39, 0.29) is 52.2 Å². The Labute approximate surface area is 216 Å². The van der Waals surface area contributed by atoms with Gasteiger partial charge in [-0.2, -0.15) is 14.3 Å². The molecule has 2 aromatic rings. The summed E-state index contributed by atoms with van der Waals surface area (Å²) in [4.78, 5) is 48.9. The quantitative estimate of drug-likeness (QED) is 0.108. The molecule has 24 heteroatoms. The number of ether oxygens (including phenoxy) is 1. The summed E-state index contributed by atoms with van der Waals surface area (Å²) in [7, 11) is -17.2. The second kappa shape index (κ2) is 10.8. The number of rotatable bonds is 8. The number of phosphoric ester groups is 1. The molecule has 7 atom stereocenters. The monoisotopic (exact) mass is 571 g/mol. The van der Waals surface area contributed by atoms with E-state index in [0.717, 1.165) is 10.9 Å². The predicted octanol–water partition coefficient (Wildman–Crippen LogP) is -6.20. The number of aliphatic hydroxyl groups excluding tert-OH is 2. The van der Waals surface area contributed by atoms with Gasteiger partial charge in [-0.05, 0) is 0 Å². The fraction of sp³-hybridized carbons (Fsp3) is 0.455. The van der Waals surface area contributed by atoms with Crippen molar-refractivity contribution in [2.45, 2.75) is 24.5 Å². The first-order valence-electron chi connectivity index (χ1n) is 8.62. The Bertz CT molecular complexity index is 1310. The summed E-state index contributed by atoms with van der Waals surface area (Å²) < 4.78 is 51.6. The Balaban J connectivity index is 0.00000432. The van der Waals surface area contributed by atoms with Crippen molar-refractivity contribution in [3.63, 3.8) is 0 Å². The standard InChI is InChI=1S/C11H18N7O13P3.Na/c12-8-4-5(9(13)17-11(14)16-8)18(2-15-4)10-7(20)6(19)3(29-10)1-28-33(24,25)31-34(26,27)30-32(21,22)23;/h2-3,6-7,10,19-20H,1H2,(H,24,25)(H,26,27)(H2,21,22,23)(H5,12,13,14,16,17);/q;+1/p-1/t3-,6-,7-,10-;/m1./s1. The van der Waals surface area contributed by atoms with Crippen LogP contribution in [0.1, 0.15) is 6.23 Å². The average Bonchev–Trinajstić information content (AvgIpc) is 3.16. The van der Waals surface area contributed by atoms with Gasteiger partial charge in [0, 0.05) is 0 Å². The summed E-state index contributed by atoms with van der Waals surface area (Å²) in [6.45, 7) is -1.04. The van der Waals surface area contributed by atoms with Crippen LogP contribution < -0.4 is 51.5 Å². The summed E-state index contributed by atoms with van der Waals surface area (Å²) >= 11 is 0. The topological polar surface area (TPSA) is 332 Å². The number of nitrogens with two attached hydrogens (primary N) is 2. The Morgan fingerprint density at radius 1 is 1.09 bits per heavy atom. The minimum Gasteiger partial charge on any atom is -0.756 e. The molecule has 1 fully saturated rings. The molecule has 20 nitrogen and oxygen atoms in total. The number of aromatic nitrogens is 4. The first-order valence-corrected chi connectivity index (χ1v) is 13.1. The summed E-state index contributed by atoms with van der Waals surface area (Å²) in [6.07, 6.45) is -5.39. The van der Waals surface area contributed by atoms with Crippen LogP contribution in [-0.4, -0.2) is 69.3 Å². The van der Waals surface area contributed by atoms with Crippen LogP contribution in [0.25, 0.3) is 11.0 Å². The number of phosphoric acid groups is 3. The molecule has 10 N–H and O–H groups in total. The van der Waals surface area contributed by atoms with Crippen LogP contribution in [0.5, 0.6) is 0 Å². The maximum atomic E-state index is 11.8. The van der Waals surface area contributed by atoms with Gasteiger partial charge in [-0.1, -0.05) is 0 Å². The molecule has 0 amide bonds. The number of anilines is 2. The zero-order chi connectivity index (χ0) is 25.6. The number of hydrogen-bond acceptors (Lipinski definition) is 16. The van der Waals surface area contributed by atoms with Crippen LogP contribution in [0.2, 0.25) is 0 Å². The van der Waals surface area contributed by atoms with E-state index in [0.29, 0.717) is 0 Å². The average molecular weight is 571 g/mol. The third kappa shape index (κ3) is 7.33. The van der Waals surface area contributed by atoms with E-state index in [1.165, 1.54) is 0 Å². The number of nitrogen functional groups attached to an aromatic ring is 2. The summed E-state index contributed by atoms with van der Waals surface area (Å²) in [5, 5.41) is 28.2. The van der Waals surface area contributed by atoms with Crippen LogP contribution >= 0.6 is 23.5 Å². The van der Waals surface area contributed by atoms with Gasteiger partial charge in [0.2, 0.25) is 5.62 Å². The second-order valence-electron chi connectivity index (χ2n) is 6.58. The minimum atomic E-state index is -5.83. The van der Waals surface area contributed by atoms with Crippen LogP contribution in [0.3, 0.4) is 0 Å². The molecule has 3 rings (SSSR count). The van der Waals surface area contributed by atoms with Crippen molar-refractivity contribution in [3.8, 4) is 0 Å². The molecule has 0 radical (unpaired) electrons. The van der Waals surface area contributed by atoms with Crippen molar-refractivity contribution < 1.29 is 90.9 Å². The molecule has 35 heavy (non-hydrogen) atoms. The van der Waals surface area contributed by atoms with Gasteiger partial charge in [-0.25, -0.2) is 18.4 Å².